The molecule has 7 nitrogen and oxygen atoms in total. The van der Waals surface area contributed by atoms with Gasteiger partial charge in [-0.05, 0) is 43.3 Å². The number of hydrogen-bond donors (Lipinski definition) is 1. The van der Waals surface area contributed by atoms with E-state index in [-0.39, 0.29) is 24.2 Å². The number of benzene rings is 2. The van der Waals surface area contributed by atoms with E-state index in [4.69, 9.17) is 4.74 Å². The Morgan fingerprint density at radius 1 is 1.21 bits per heavy atom. The van der Waals surface area contributed by atoms with Crippen LogP contribution in [0.1, 0.15) is 12.2 Å². The van der Waals surface area contributed by atoms with Gasteiger partial charge < -0.3 is 19.5 Å². The van der Waals surface area contributed by atoms with E-state index in [0.717, 1.165) is 28.3 Å². The van der Waals surface area contributed by atoms with Crippen LogP contribution in [-0.2, 0) is 16.1 Å². The second-order valence-electron chi connectivity index (χ2n) is 7.19. The van der Waals surface area contributed by atoms with Crippen LogP contribution in [0, 0.1) is 12.8 Å². The van der Waals surface area contributed by atoms with Gasteiger partial charge in [0.15, 0.2) is 0 Å². The van der Waals surface area contributed by atoms with Gasteiger partial charge in [-0.25, -0.2) is 4.98 Å². The minimum Gasteiger partial charge on any atom is -0.497 e. The normalized spacial score (nSPS) is 16.4. The molecule has 1 aliphatic rings. The summed E-state index contributed by atoms with van der Waals surface area (Å²) in [4.78, 5) is 31.2. The number of carbonyl (C=O) groups is 2. The fourth-order valence-corrected chi connectivity index (χ4v) is 3.81. The zero-order chi connectivity index (χ0) is 20.4. The van der Waals surface area contributed by atoms with Crippen LogP contribution in [0.3, 0.4) is 0 Å². The Morgan fingerprint density at radius 2 is 1.97 bits per heavy atom. The summed E-state index contributed by atoms with van der Waals surface area (Å²) in [5, 5.41) is 2.98. The van der Waals surface area contributed by atoms with Crippen molar-refractivity contribution in [3.63, 3.8) is 0 Å². The number of carbonyl (C=O) groups excluding carboxylic acids is 2. The van der Waals surface area contributed by atoms with Gasteiger partial charge in [-0.3, -0.25) is 9.59 Å². The summed E-state index contributed by atoms with van der Waals surface area (Å²) in [6, 6.07) is 15.3. The number of fused-ring (bicyclic) bond motifs is 1. The number of rotatable bonds is 6. The number of anilines is 1. The van der Waals surface area contributed by atoms with Crippen LogP contribution in [0.5, 0.6) is 5.75 Å². The number of hydrogen-bond acceptors (Lipinski definition) is 4. The molecule has 1 aromatic heterocycles. The van der Waals surface area contributed by atoms with Crippen LogP contribution in [0.2, 0.25) is 0 Å². The first-order chi connectivity index (χ1) is 14.1. The molecule has 0 bridgehead atoms. The van der Waals surface area contributed by atoms with Gasteiger partial charge in [-0.1, -0.05) is 12.1 Å². The van der Waals surface area contributed by atoms with Crippen molar-refractivity contribution in [2.24, 2.45) is 5.92 Å². The first-order valence-corrected chi connectivity index (χ1v) is 9.71. The number of imidazole rings is 1. The van der Waals surface area contributed by atoms with Crippen LogP contribution in [0.25, 0.3) is 11.0 Å². The largest absolute Gasteiger partial charge is 0.497 e. The first-order valence-electron chi connectivity index (χ1n) is 9.71. The number of nitrogens with one attached hydrogen (secondary N) is 1. The average Bonchev–Trinajstić information content (AvgIpc) is 3.28. The summed E-state index contributed by atoms with van der Waals surface area (Å²) in [6.07, 6.45) is 0.227. The second-order valence-corrected chi connectivity index (χ2v) is 7.19. The summed E-state index contributed by atoms with van der Waals surface area (Å²) in [7, 11) is 1.60. The minimum atomic E-state index is -0.342. The van der Waals surface area contributed by atoms with E-state index in [2.05, 4.69) is 14.9 Å². The molecule has 29 heavy (non-hydrogen) atoms. The third kappa shape index (κ3) is 3.81. The molecular weight excluding hydrogens is 368 g/mol. The highest BCUT2D eigenvalue weighted by Crippen LogP contribution is 2.27. The minimum absolute atomic E-state index is 0.0354. The van der Waals surface area contributed by atoms with Gasteiger partial charge in [-0.2, -0.15) is 0 Å². The lowest BCUT2D eigenvalue weighted by Crippen LogP contribution is -2.34. The Morgan fingerprint density at radius 3 is 2.72 bits per heavy atom. The lowest BCUT2D eigenvalue weighted by atomic mass is 10.1. The van der Waals surface area contributed by atoms with E-state index in [0.29, 0.717) is 19.6 Å². The Labute approximate surface area is 169 Å². The highest BCUT2D eigenvalue weighted by atomic mass is 16.5. The van der Waals surface area contributed by atoms with Crippen molar-refractivity contribution in [1.29, 1.82) is 0 Å². The molecule has 2 aromatic carbocycles. The molecule has 1 N–H and O–H groups in total. The molecular formula is C22H24N4O3. The van der Waals surface area contributed by atoms with Gasteiger partial charge in [0.25, 0.3) is 0 Å². The summed E-state index contributed by atoms with van der Waals surface area (Å²) < 4.78 is 7.25. The van der Waals surface area contributed by atoms with Crippen molar-refractivity contribution >= 4 is 28.5 Å². The molecule has 1 fully saturated rings. The Kier molecular flexibility index (Phi) is 5.20. The monoisotopic (exact) mass is 392 g/mol. The predicted molar refractivity (Wildman–Crippen MR) is 111 cm³/mol. The molecule has 2 amide bonds. The van der Waals surface area contributed by atoms with Crippen molar-refractivity contribution < 1.29 is 14.3 Å². The summed E-state index contributed by atoms with van der Waals surface area (Å²) in [5.74, 6) is 1.19. The van der Waals surface area contributed by atoms with E-state index >= 15 is 0 Å². The van der Waals surface area contributed by atoms with E-state index < -0.39 is 0 Å². The fourth-order valence-electron chi connectivity index (χ4n) is 3.81. The van der Waals surface area contributed by atoms with E-state index in [9.17, 15) is 9.59 Å². The summed E-state index contributed by atoms with van der Waals surface area (Å²) in [6.45, 7) is 3.49. The van der Waals surface area contributed by atoms with Gasteiger partial charge >= 0.3 is 0 Å². The zero-order valence-electron chi connectivity index (χ0n) is 16.6. The highest BCUT2D eigenvalue weighted by molar-refractivity contribution is 6.00. The molecule has 150 valence electrons. The number of amides is 2. The van der Waals surface area contributed by atoms with E-state index in [1.807, 2.05) is 55.5 Å². The average molecular weight is 392 g/mol. The van der Waals surface area contributed by atoms with Crippen LogP contribution in [-0.4, -0.2) is 41.6 Å². The molecule has 1 aliphatic heterocycles. The maximum absolute atomic E-state index is 12.6. The number of methoxy groups -OCH3 is 1. The number of ether oxygens (including phenoxy) is 1. The van der Waals surface area contributed by atoms with Crippen molar-refractivity contribution in [1.82, 2.24) is 14.9 Å². The summed E-state index contributed by atoms with van der Waals surface area (Å²) in [5.41, 5.74) is 2.79. The molecule has 0 aliphatic carbocycles. The Bertz CT molecular complexity index is 1040. The standard InChI is InChI=1S/C22H24N4O3/c1-15-24-19-5-3-4-6-20(19)25(15)12-11-23-22(28)16-13-21(27)26(14-16)17-7-9-18(29-2)10-8-17/h3-10,16H,11-14H2,1-2H3,(H,23,28). The molecule has 7 heteroatoms. The van der Waals surface area contributed by atoms with Gasteiger partial charge in [-0.15, -0.1) is 0 Å². The third-order valence-corrected chi connectivity index (χ3v) is 5.36. The highest BCUT2D eigenvalue weighted by Gasteiger charge is 2.34. The SMILES string of the molecule is COc1ccc(N2CC(C(=O)NCCn3c(C)nc4ccccc43)CC2=O)cc1. The maximum Gasteiger partial charge on any atom is 0.227 e. The lowest BCUT2D eigenvalue weighted by Gasteiger charge is -2.17. The van der Waals surface area contributed by atoms with Gasteiger partial charge in [0.05, 0.1) is 24.1 Å². The van der Waals surface area contributed by atoms with Crippen molar-refractivity contribution in [2.45, 2.75) is 19.9 Å². The van der Waals surface area contributed by atoms with Gasteiger partial charge in [0.2, 0.25) is 11.8 Å². The van der Waals surface area contributed by atoms with E-state index in [1.54, 1.807) is 12.0 Å². The lowest BCUT2D eigenvalue weighted by molar-refractivity contribution is -0.126. The van der Waals surface area contributed by atoms with E-state index in [1.165, 1.54) is 0 Å². The molecule has 0 radical (unpaired) electrons. The van der Waals surface area contributed by atoms with Crippen LogP contribution in [0.15, 0.2) is 48.5 Å². The van der Waals surface area contributed by atoms with Crippen molar-refractivity contribution in [3.8, 4) is 5.75 Å². The summed E-state index contributed by atoms with van der Waals surface area (Å²) >= 11 is 0. The number of para-hydroxylation sites is 2. The van der Waals surface area contributed by atoms with Gasteiger partial charge in [0, 0.05) is 31.7 Å². The number of nitrogens with zero attached hydrogens (tertiary/aromatic N) is 3. The third-order valence-electron chi connectivity index (χ3n) is 5.36. The number of aromatic nitrogens is 2. The zero-order valence-corrected chi connectivity index (χ0v) is 16.6. The quantitative estimate of drug-likeness (QED) is 0.699. The predicted octanol–water partition coefficient (Wildman–Crippen LogP) is 2.52. The van der Waals surface area contributed by atoms with Crippen LogP contribution >= 0.6 is 0 Å². The van der Waals surface area contributed by atoms with Crippen molar-refractivity contribution in [3.05, 3.63) is 54.4 Å². The van der Waals surface area contributed by atoms with Gasteiger partial charge in [0.1, 0.15) is 11.6 Å². The van der Waals surface area contributed by atoms with Crippen LogP contribution < -0.4 is 15.0 Å². The Hall–Kier alpha value is -3.35. The van der Waals surface area contributed by atoms with Crippen molar-refractivity contribution in [2.75, 3.05) is 25.1 Å². The molecule has 1 atom stereocenters. The second kappa shape index (κ2) is 7.95. The Balaban J connectivity index is 1.35. The molecule has 0 saturated carbocycles. The molecule has 3 aromatic rings. The first kappa shape index (κ1) is 19.0. The molecule has 2 heterocycles. The molecule has 1 unspecified atom stereocenters. The smallest absolute Gasteiger partial charge is 0.227 e. The van der Waals surface area contributed by atoms with Crippen LogP contribution in [0.4, 0.5) is 5.69 Å². The topological polar surface area (TPSA) is 76.5 Å². The number of aryl methyl sites for hydroxylation is 1. The molecule has 1 saturated heterocycles. The fraction of sp³-hybridized carbons (Fsp3) is 0.318. The molecule has 4 rings (SSSR count). The molecule has 0 spiro atoms. The maximum atomic E-state index is 12.6.